The predicted octanol–water partition coefficient (Wildman–Crippen LogP) is 1.59. The molecule has 0 aliphatic heterocycles. The summed E-state index contributed by atoms with van der Waals surface area (Å²) in [5.74, 6) is -1.05. The van der Waals surface area contributed by atoms with Crippen LogP contribution in [0.15, 0.2) is 58.1 Å². The predicted molar refractivity (Wildman–Crippen MR) is 103 cm³/mol. The lowest BCUT2D eigenvalue weighted by atomic mass is 10.1. The minimum Gasteiger partial charge on any atom is -0.452 e. The summed E-state index contributed by atoms with van der Waals surface area (Å²) < 4.78 is 5.11. The first-order valence-electron chi connectivity index (χ1n) is 8.61. The summed E-state index contributed by atoms with van der Waals surface area (Å²) >= 11 is 0. The highest BCUT2D eigenvalue weighted by molar-refractivity contribution is 5.94. The number of aromatic nitrogens is 2. The van der Waals surface area contributed by atoms with Gasteiger partial charge in [0, 0.05) is 7.05 Å². The Balaban J connectivity index is 1.67. The third-order valence-corrected chi connectivity index (χ3v) is 4.54. The van der Waals surface area contributed by atoms with Gasteiger partial charge in [-0.2, -0.15) is 0 Å². The molecule has 144 valence electrons. The fourth-order valence-corrected chi connectivity index (χ4v) is 2.73. The van der Waals surface area contributed by atoms with E-state index in [9.17, 15) is 19.2 Å². The summed E-state index contributed by atoms with van der Waals surface area (Å²) in [6.07, 6.45) is 0. The fraction of sp³-hybridized carbons (Fsp3) is 0.200. The zero-order valence-electron chi connectivity index (χ0n) is 15.4. The smallest absolute Gasteiger partial charge is 0.338 e. The molecule has 8 nitrogen and oxygen atoms in total. The van der Waals surface area contributed by atoms with Crippen molar-refractivity contribution < 1.29 is 14.3 Å². The second-order valence-electron chi connectivity index (χ2n) is 6.34. The summed E-state index contributed by atoms with van der Waals surface area (Å²) in [4.78, 5) is 53.6. The van der Waals surface area contributed by atoms with Crippen LogP contribution in [0, 0.1) is 0 Å². The van der Waals surface area contributed by atoms with Crippen LogP contribution >= 0.6 is 0 Å². The van der Waals surface area contributed by atoms with Crippen LogP contribution in [0.5, 0.6) is 0 Å². The van der Waals surface area contributed by atoms with Gasteiger partial charge in [-0.3, -0.25) is 14.4 Å². The Morgan fingerprint density at radius 3 is 2.32 bits per heavy atom. The zero-order valence-corrected chi connectivity index (χ0v) is 15.4. The van der Waals surface area contributed by atoms with Crippen molar-refractivity contribution in [2.24, 2.45) is 0 Å². The number of H-pyrrole nitrogens is 2. The molecular formula is C20H19N3O5. The summed E-state index contributed by atoms with van der Waals surface area (Å²) in [7, 11) is 1.64. The molecule has 0 aliphatic carbocycles. The van der Waals surface area contributed by atoms with E-state index >= 15 is 0 Å². The quantitative estimate of drug-likeness (QED) is 0.515. The maximum Gasteiger partial charge on any atom is 0.338 e. The van der Waals surface area contributed by atoms with Gasteiger partial charge in [-0.05, 0) is 30.7 Å². The number of nitrogens with one attached hydrogen (secondary N) is 2. The molecule has 0 saturated carbocycles. The minimum absolute atomic E-state index is 0.154. The summed E-state index contributed by atoms with van der Waals surface area (Å²) in [5, 5.41) is 0. The van der Waals surface area contributed by atoms with Crippen LogP contribution in [0.4, 0.5) is 0 Å². The van der Waals surface area contributed by atoms with Gasteiger partial charge in [0.15, 0.2) is 6.61 Å². The standard InChI is InChI=1S/C20H19N3O5/c1-12(13-6-4-3-5-7-13)23(2)17(24)11-28-20(27)14-8-9-15-16(10-14)22-19(26)18(25)21-15/h3-10,12H,11H2,1-2H3,(H,21,25)(H,22,26)/t12-/m0/s1. The van der Waals surface area contributed by atoms with Gasteiger partial charge in [-0.1, -0.05) is 30.3 Å². The van der Waals surface area contributed by atoms with Crippen LogP contribution in [-0.4, -0.2) is 40.4 Å². The van der Waals surface area contributed by atoms with Crippen molar-refractivity contribution in [2.45, 2.75) is 13.0 Å². The molecule has 8 heteroatoms. The first-order chi connectivity index (χ1) is 13.4. The molecule has 2 aromatic carbocycles. The van der Waals surface area contributed by atoms with Crippen LogP contribution in [0.1, 0.15) is 28.9 Å². The number of rotatable bonds is 5. The lowest BCUT2D eigenvalue weighted by Crippen LogP contribution is -2.33. The van der Waals surface area contributed by atoms with E-state index in [2.05, 4.69) is 9.97 Å². The number of carbonyl (C=O) groups is 2. The molecule has 2 N–H and O–H groups in total. The van der Waals surface area contributed by atoms with Gasteiger partial charge in [-0.15, -0.1) is 0 Å². The number of carbonyl (C=O) groups excluding carboxylic acids is 2. The lowest BCUT2D eigenvalue weighted by Gasteiger charge is -2.25. The van der Waals surface area contributed by atoms with Crippen molar-refractivity contribution in [3.05, 3.63) is 80.4 Å². The van der Waals surface area contributed by atoms with Crippen molar-refractivity contribution in [3.8, 4) is 0 Å². The maximum absolute atomic E-state index is 12.3. The van der Waals surface area contributed by atoms with Gasteiger partial charge in [-0.25, -0.2) is 4.79 Å². The molecule has 0 fully saturated rings. The lowest BCUT2D eigenvalue weighted by molar-refractivity contribution is -0.135. The average molecular weight is 381 g/mol. The molecule has 0 bridgehead atoms. The number of likely N-dealkylation sites (N-methyl/N-ethyl adjacent to an activating group) is 1. The minimum atomic E-state index is -0.815. The highest BCUT2D eigenvalue weighted by Crippen LogP contribution is 2.18. The molecule has 1 heterocycles. The van der Waals surface area contributed by atoms with E-state index in [1.165, 1.54) is 23.1 Å². The van der Waals surface area contributed by atoms with E-state index in [-0.39, 0.29) is 17.5 Å². The number of fused-ring (bicyclic) bond motifs is 1. The highest BCUT2D eigenvalue weighted by Gasteiger charge is 2.19. The first-order valence-corrected chi connectivity index (χ1v) is 8.61. The van der Waals surface area contributed by atoms with Gasteiger partial charge in [0.25, 0.3) is 5.91 Å². The van der Waals surface area contributed by atoms with Gasteiger partial charge in [0.05, 0.1) is 22.6 Å². The SMILES string of the molecule is C[C@@H](c1ccccc1)N(C)C(=O)COC(=O)c1ccc2[nH]c(=O)c(=O)[nH]c2c1. The van der Waals surface area contributed by atoms with Gasteiger partial charge < -0.3 is 19.6 Å². The van der Waals surface area contributed by atoms with Crippen molar-refractivity contribution in [1.29, 1.82) is 0 Å². The topological polar surface area (TPSA) is 112 Å². The van der Waals surface area contributed by atoms with Crippen molar-refractivity contribution in [2.75, 3.05) is 13.7 Å². The highest BCUT2D eigenvalue weighted by atomic mass is 16.5. The summed E-state index contributed by atoms with van der Waals surface area (Å²) in [6, 6.07) is 13.6. The van der Waals surface area contributed by atoms with Crippen molar-refractivity contribution in [1.82, 2.24) is 14.9 Å². The van der Waals surface area contributed by atoms with E-state index in [0.29, 0.717) is 11.0 Å². The summed E-state index contributed by atoms with van der Waals surface area (Å²) in [5.41, 5.74) is 0.210. The molecule has 1 atom stereocenters. The number of nitrogens with zero attached hydrogens (tertiary/aromatic N) is 1. The molecule has 0 saturated heterocycles. The Morgan fingerprint density at radius 2 is 1.64 bits per heavy atom. The Hall–Kier alpha value is -3.68. The molecule has 3 rings (SSSR count). The van der Waals surface area contributed by atoms with Crippen LogP contribution < -0.4 is 11.1 Å². The van der Waals surface area contributed by atoms with E-state index in [1.807, 2.05) is 37.3 Å². The third kappa shape index (κ3) is 4.01. The van der Waals surface area contributed by atoms with Crippen LogP contribution in [-0.2, 0) is 9.53 Å². The van der Waals surface area contributed by atoms with Gasteiger partial charge in [0.2, 0.25) is 0 Å². The van der Waals surface area contributed by atoms with Gasteiger partial charge >= 0.3 is 17.1 Å². The number of ether oxygens (including phenoxy) is 1. The first kappa shape index (κ1) is 19.1. The monoisotopic (exact) mass is 381 g/mol. The van der Waals surface area contributed by atoms with E-state index < -0.39 is 23.7 Å². The van der Waals surface area contributed by atoms with E-state index in [1.54, 1.807) is 7.05 Å². The molecule has 0 radical (unpaired) electrons. The Bertz CT molecular complexity index is 1130. The Labute approximate surface area is 159 Å². The molecule has 1 amide bonds. The molecule has 0 aliphatic rings. The zero-order chi connectivity index (χ0) is 20.3. The average Bonchev–Trinajstić information content (AvgIpc) is 2.71. The van der Waals surface area contributed by atoms with Crippen LogP contribution in [0.3, 0.4) is 0 Å². The second-order valence-corrected chi connectivity index (χ2v) is 6.34. The Kier molecular flexibility index (Phi) is 5.39. The third-order valence-electron chi connectivity index (χ3n) is 4.54. The number of hydrogen-bond acceptors (Lipinski definition) is 5. The molecular weight excluding hydrogens is 362 g/mol. The molecule has 3 aromatic rings. The fourth-order valence-electron chi connectivity index (χ4n) is 2.73. The largest absolute Gasteiger partial charge is 0.452 e. The van der Waals surface area contributed by atoms with E-state index in [0.717, 1.165) is 5.56 Å². The van der Waals surface area contributed by atoms with Crippen LogP contribution in [0.2, 0.25) is 0 Å². The number of hydrogen-bond donors (Lipinski definition) is 2. The number of esters is 1. The normalized spacial score (nSPS) is 11.8. The molecule has 1 aromatic heterocycles. The van der Waals surface area contributed by atoms with E-state index in [4.69, 9.17) is 4.74 Å². The Morgan fingerprint density at radius 1 is 1.00 bits per heavy atom. The molecule has 28 heavy (non-hydrogen) atoms. The number of aromatic amines is 2. The molecule has 0 unspecified atom stereocenters. The maximum atomic E-state index is 12.3. The van der Waals surface area contributed by atoms with Gasteiger partial charge in [0.1, 0.15) is 0 Å². The van der Waals surface area contributed by atoms with Crippen molar-refractivity contribution >= 4 is 22.9 Å². The molecule has 0 spiro atoms. The number of amides is 1. The summed E-state index contributed by atoms with van der Waals surface area (Å²) in [6.45, 7) is 1.47. The second kappa shape index (κ2) is 7.91. The van der Waals surface area contributed by atoms with Crippen LogP contribution in [0.25, 0.3) is 11.0 Å². The number of benzene rings is 2. The van der Waals surface area contributed by atoms with Crippen molar-refractivity contribution in [3.63, 3.8) is 0 Å².